The van der Waals surface area contributed by atoms with Crippen LogP contribution in [0.4, 0.5) is 11.4 Å². The van der Waals surface area contributed by atoms with Crippen LogP contribution in [0.1, 0.15) is 18.9 Å². The zero-order valence-electron chi connectivity index (χ0n) is 10.8. The van der Waals surface area contributed by atoms with E-state index in [0.717, 1.165) is 18.7 Å². The second kappa shape index (κ2) is 5.54. The molecular formula is C13H18N2O4. The van der Waals surface area contributed by atoms with Gasteiger partial charge in [0.25, 0.3) is 5.69 Å². The number of rotatable bonds is 4. The average molecular weight is 266 g/mol. The molecule has 1 aliphatic rings. The molecule has 0 saturated carbocycles. The first-order valence-electron chi connectivity index (χ1n) is 6.34. The molecule has 1 aromatic carbocycles. The predicted octanol–water partition coefficient (Wildman–Crippen LogP) is 1.29. The molecule has 1 aromatic rings. The Morgan fingerprint density at radius 3 is 2.79 bits per heavy atom. The third kappa shape index (κ3) is 2.54. The van der Waals surface area contributed by atoms with E-state index in [1.54, 1.807) is 12.1 Å². The normalized spacial score (nSPS) is 22.8. The van der Waals surface area contributed by atoms with Crippen LogP contribution < -0.4 is 4.90 Å². The van der Waals surface area contributed by atoms with Crippen LogP contribution in [0, 0.1) is 16.0 Å². The van der Waals surface area contributed by atoms with E-state index in [2.05, 4.69) is 6.92 Å². The topological polar surface area (TPSA) is 86.8 Å². The van der Waals surface area contributed by atoms with Crippen molar-refractivity contribution in [3.63, 3.8) is 0 Å². The fourth-order valence-corrected chi connectivity index (χ4v) is 2.66. The van der Waals surface area contributed by atoms with Crippen molar-refractivity contribution >= 4 is 11.4 Å². The molecule has 0 spiro atoms. The van der Waals surface area contributed by atoms with Gasteiger partial charge in [-0.05, 0) is 24.5 Å². The van der Waals surface area contributed by atoms with Gasteiger partial charge in [0, 0.05) is 18.3 Å². The lowest BCUT2D eigenvalue weighted by molar-refractivity contribution is -0.385. The summed E-state index contributed by atoms with van der Waals surface area (Å²) in [5, 5.41) is 29.5. The van der Waals surface area contributed by atoms with E-state index in [1.807, 2.05) is 4.90 Å². The second-order valence-electron chi connectivity index (χ2n) is 4.94. The fraction of sp³-hybridized carbons (Fsp3) is 0.538. The smallest absolute Gasteiger partial charge is 0.275 e. The minimum absolute atomic E-state index is 0.0352. The Balaban J connectivity index is 2.33. The van der Waals surface area contributed by atoms with Gasteiger partial charge in [0.05, 0.1) is 29.7 Å². The van der Waals surface area contributed by atoms with E-state index in [1.165, 1.54) is 6.07 Å². The monoisotopic (exact) mass is 266 g/mol. The maximum atomic E-state index is 10.8. The molecule has 0 radical (unpaired) electrons. The molecule has 2 rings (SSSR count). The fourth-order valence-electron chi connectivity index (χ4n) is 2.66. The largest absolute Gasteiger partial charge is 0.394 e. The van der Waals surface area contributed by atoms with Gasteiger partial charge in [0.15, 0.2) is 0 Å². The molecule has 1 fully saturated rings. The third-order valence-corrected chi connectivity index (χ3v) is 3.83. The lowest BCUT2D eigenvalue weighted by Crippen LogP contribution is -2.35. The maximum absolute atomic E-state index is 10.8. The summed E-state index contributed by atoms with van der Waals surface area (Å²) in [6.07, 6.45) is 0.983. The summed E-state index contributed by atoms with van der Waals surface area (Å²) < 4.78 is 0. The highest BCUT2D eigenvalue weighted by Gasteiger charge is 2.31. The lowest BCUT2D eigenvalue weighted by Gasteiger charge is -2.27. The number of aliphatic hydroxyl groups excluding tert-OH is 2. The van der Waals surface area contributed by atoms with Crippen LogP contribution in [0.3, 0.4) is 0 Å². The first kappa shape index (κ1) is 13.8. The maximum Gasteiger partial charge on any atom is 0.275 e. The van der Waals surface area contributed by atoms with Crippen molar-refractivity contribution in [2.45, 2.75) is 26.0 Å². The molecule has 0 aromatic heterocycles. The van der Waals surface area contributed by atoms with Gasteiger partial charge in [-0.15, -0.1) is 0 Å². The molecule has 1 aliphatic heterocycles. The molecule has 6 heteroatoms. The number of nitro groups is 1. The van der Waals surface area contributed by atoms with Crippen LogP contribution in [0.2, 0.25) is 0 Å². The van der Waals surface area contributed by atoms with E-state index in [9.17, 15) is 20.3 Å². The Labute approximate surface area is 111 Å². The quantitative estimate of drug-likeness (QED) is 0.633. The summed E-state index contributed by atoms with van der Waals surface area (Å²) in [6, 6.07) is 4.77. The van der Waals surface area contributed by atoms with E-state index >= 15 is 0 Å². The van der Waals surface area contributed by atoms with Gasteiger partial charge in [-0.2, -0.15) is 0 Å². The first-order valence-corrected chi connectivity index (χ1v) is 6.34. The van der Waals surface area contributed by atoms with Gasteiger partial charge in [0.2, 0.25) is 0 Å². The van der Waals surface area contributed by atoms with E-state index in [4.69, 9.17) is 0 Å². The second-order valence-corrected chi connectivity index (χ2v) is 4.94. The zero-order valence-corrected chi connectivity index (χ0v) is 10.8. The van der Waals surface area contributed by atoms with Crippen molar-refractivity contribution < 1.29 is 15.1 Å². The molecule has 0 amide bonds. The third-order valence-electron chi connectivity index (χ3n) is 3.83. The van der Waals surface area contributed by atoms with Crippen molar-refractivity contribution in [3.05, 3.63) is 33.9 Å². The van der Waals surface area contributed by atoms with Gasteiger partial charge < -0.3 is 15.1 Å². The van der Waals surface area contributed by atoms with Crippen molar-refractivity contribution in [2.24, 2.45) is 5.92 Å². The van der Waals surface area contributed by atoms with Gasteiger partial charge >= 0.3 is 0 Å². The molecule has 2 unspecified atom stereocenters. The number of nitrogens with zero attached hydrogens (tertiary/aromatic N) is 2. The van der Waals surface area contributed by atoms with Crippen LogP contribution in [0.15, 0.2) is 18.2 Å². The summed E-state index contributed by atoms with van der Waals surface area (Å²) in [7, 11) is 0. The Kier molecular flexibility index (Phi) is 4.01. The molecule has 0 bridgehead atoms. The summed E-state index contributed by atoms with van der Waals surface area (Å²) >= 11 is 0. The molecular weight excluding hydrogens is 248 g/mol. The Bertz CT molecular complexity index is 478. The van der Waals surface area contributed by atoms with Crippen molar-refractivity contribution in [1.82, 2.24) is 0 Å². The van der Waals surface area contributed by atoms with Gasteiger partial charge in [-0.25, -0.2) is 0 Å². The van der Waals surface area contributed by atoms with Crippen LogP contribution in [-0.4, -0.2) is 34.3 Å². The molecule has 2 N–H and O–H groups in total. The summed E-state index contributed by atoms with van der Waals surface area (Å²) in [4.78, 5) is 12.4. The Morgan fingerprint density at radius 2 is 2.21 bits per heavy atom. The van der Waals surface area contributed by atoms with Gasteiger partial charge in [-0.1, -0.05) is 6.92 Å². The number of benzene rings is 1. The van der Waals surface area contributed by atoms with Crippen LogP contribution in [0.25, 0.3) is 0 Å². The Hall–Kier alpha value is -1.66. The lowest BCUT2D eigenvalue weighted by atomic mass is 10.0. The van der Waals surface area contributed by atoms with Gasteiger partial charge in [0.1, 0.15) is 0 Å². The zero-order chi connectivity index (χ0) is 14.0. The minimum Gasteiger partial charge on any atom is -0.394 e. The molecule has 104 valence electrons. The molecule has 0 aliphatic carbocycles. The highest BCUT2D eigenvalue weighted by Crippen LogP contribution is 2.32. The highest BCUT2D eigenvalue weighted by molar-refractivity contribution is 5.56. The van der Waals surface area contributed by atoms with Gasteiger partial charge in [-0.3, -0.25) is 10.1 Å². The van der Waals surface area contributed by atoms with Crippen LogP contribution in [-0.2, 0) is 6.61 Å². The number of hydrogen-bond donors (Lipinski definition) is 2. The van der Waals surface area contributed by atoms with E-state index < -0.39 is 4.92 Å². The molecule has 1 saturated heterocycles. The molecule has 1 heterocycles. The van der Waals surface area contributed by atoms with Crippen molar-refractivity contribution in [2.75, 3.05) is 18.1 Å². The number of aliphatic hydroxyl groups is 2. The molecule has 2 atom stereocenters. The summed E-state index contributed by atoms with van der Waals surface area (Å²) in [5.41, 5.74) is 1.05. The molecule has 6 nitrogen and oxygen atoms in total. The average Bonchev–Trinajstić information content (AvgIpc) is 2.78. The van der Waals surface area contributed by atoms with Crippen LogP contribution in [0.5, 0.6) is 0 Å². The number of anilines is 1. The summed E-state index contributed by atoms with van der Waals surface area (Å²) in [6.45, 7) is 2.60. The molecule has 19 heavy (non-hydrogen) atoms. The van der Waals surface area contributed by atoms with E-state index in [0.29, 0.717) is 11.5 Å². The predicted molar refractivity (Wildman–Crippen MR) is 71.0 cm³/mol. The van der Waals surface area contributed by atoms with Crippen molar-refractivity contribution in [1.29, 1.82) is 0 Å². The minimum atomic E-state index is -0.495. The number of nitro benzene ring substituents is 1. The van der Waals surface area contributed by atoms with Crippen molar-refractivity contribution in [3.8, 4) is 0 Å². The summed E-state index contributed by atoms with van der Waals surface area (Å²) in [5.74, 6) is 0.387. The number of hydrogen-bond acceptors (Lipinski definition) is 5. The Morgan fingerprint density at radius 1 is 1.47 bits per heavy atom. The highest BCUT2D eigenvalue weighted by atomic mass is 16.6. The SMILES string of the molecule is CC1CCN(c2ccc([N+](=O)[O-])c(CO)c2)C1CO. The standard InChI is InChI=1S/C13H18N2O4/c1-9-4-5-14(13(9)8-17)11-2-3-12(15(18)19)10(6-11)7-16/h2-3,6,9,13,16-17H,4-5,7-8H2,1H3. The van der Waals surface area contributed by atoms with E-state index in [-0.39, 0.29) is 24.9 Å². The first-order chi connectivity index (χ1) is 9.08. The van der Waals surface area contributed by atoms with Crippen LogP contribution >= 0.6 is 0 Å².